The van der Waals surface area contributed by atoms with Crippen molar-refractivity contribution < 1.29 is 14.7 Å². The Morgan fingerprint density at radius 1 is 1.32 bits per heavy atom. The molecule has 1 aromatic carbocycles. The molecule has 2 heterocycles. The summed E-state index contributed by atoms with van der Waals surface area (Å²) >= 11 is 0. The molecule has 1 aliphatic rings. The van der Waals surface area contributed by atoms with Crippen molar-refractivity contribution in [3.63, 3.8) is 0 Å². The summed E-state index contributed by atoms with van der Waals surface area (Å²) in [4.78, 5) is 27.2. The van der Waals surface area contributed by atoms with Crippen molar-refractivity contribution in [1.82, 2.24) is 15.1 Å². The van der Waals surface area contributed by atoms with Crippen LogP contribution in [0, 0.1) is 12.8 Å². The minimum Gasteiger partial charge on any atom is -0.391 e. The van der Waals surface area contributed by atoms with Gasteiger partial charge in [0.25, 0.3) is 0 Å². The van der Waals surface area contributed by atoms with Crippen LogP contribution in [-0.2, 0) is 16.0 Å². The monoisotopic (exact) mass is 385 g/mol. The molecule has 0 bridgehead atoms. The zero-order chi connectivity index (χ0) is 20.3. The first-order valence-corrected chi connectivity index (χ1v) is 9.37. The predicted molar refractivity (Wildman–Crippen MR) is 107 cm³/mol. The summed E-state index contributed by atoms with van der Waals surface area (Å²) in [5.41, 5.74) is 3.38. The Hall–Kier alpha value is -2.71. The quantitative estimate of drug-likeness (QED) is 0.693. The number of nitrogens with one attached hydrogen (secondary N) is 2. The van der Waals surface area contributed by atoms with Crippen LogP contribution in [0.3, 0.4) is 0 Å². The SMILES string of the molecule is CC(=O)N(C)c1ccc(NC(=O)CN2C[C@@H](Cc3cc(C)[nH]n3)[C@H](O)C2)cc1. The smallest absolute Gasteiger partial charge is 0.238 e. The number of carbonyl (C=O) groups excluding carboxylic acids is 2. The summed E-state index contributed by atoms with van der Waals surface area (Å²) in [6.07, 6.45) is 0.223. The Balaban J connectivity index is 1.50. The number of amides is 2. The third-order valence-corrected chi connectivity index (χ3v) is 5.09. The summed E-state index contributed by atoms with van der Waals surface area (Å²) < 4.78 is 0. The highest BCUT2D eigenvalue weighted by Crippen LogP contribution is 2.21. The van der Waals surface area contributed by atoms with E-state index in [0.29, 0.717) is 25.2 Å². The fourth-order valence-electron chi connectivity index (χ4n) is 3.47. The van der Waals surface area contributed by atoms with Gasteiger partial charge in [-0.1, -0.05) is 0 Å². The van der Waals surface area contributed by atoms with Gasteiger partial charge in [-0.15, -0.1) is 0 Å². The van der Waals surface area contributed by atoms with Crippen LogP contribution in [0.1, 0.15) is 18.3 Å². The third-order valence-electron chi connectivity index (χ3n) is 5.09. The van der Waals surface area contributed by atoms with Gasteiger partial charge in [-0.2, -0.15) is 5.10 Å². The van der Waals surface area contributed by atoms with E-state index >= 15 is 0 Å². The first kappa shape index (κ1) is 20.0. The van der Waals surface area contributed by atoms with Gasteiger partial charge in [0.2, 0.25) is 11.8 Å². The number of aromatic nitrogens is 2. The van der Waals surface area contributed by atoms with Gasteiger partial charge >= 0.3 is 0 Å². The van der Waals surface area contributed by atoms with Crippen LogP contribution in [0.5, 0.6) is 0 Å². The van der Waals surface area contributed by atoms with Crippen LogP contribution in [0.15, 0.2) is 30.3 Å². The molecule has 0 aliphatic carbocycles. The van der Waals surface area contributed by atoms with E-state index in [4.69, 9.17) is 0 Å². The number of rotatable bonds is 6. The average molecular weight is 385 g/mol. The van der Waals surface area contributed by atoms with Crippen molar-refractivity contribution >= 4 is 23.2 Å². The number of aryl methyl sites for hydroxylation is 1. The first-order chi connectivity index (χ1) is 13.3. The largest absolute Gasteiger partial charge is 0.391 e. The minimum atomic E-state index is -0.466. The van der Waals surface area contributed by atoms with E-state index in [1.807, 2.05) is 17.9 Å². The van der Waals surface area contributed by atoms with Crippen molar-refractivity contribution in [3.8, 4) is 0 Å². The van der Waals surface area contributed by atoms with Crippen LogP contribution < -0.4 is 10.2 Å². The van der Waals surface area contributed by atoms with Crippen molar-refractivity contribution in [2.75, 3.05) is 36.9 Å². The number of hydrogen-bond donors (Lipinski definition) is 3. The molecule has 0 spiro atoms. The molecular formula is C20H27N5O3. The molecule has 150 valence electrons. The van der Waals surface area contributed by atoms with E-state index < -0.39 is 6.10 Å². The standard InChI is InChI=1S/C20H27N5O3/c1-13-8-17(23-22-13)9-15-10-25(11-19(15)27)12-20(28)21-16-4-6-18(7-5-16)24(3)14(2)26/h4-8,15,19,27H,9-12H2,1-3H3,(H,21,28)(H,22,23)/t15-,19-/m1/s1. The molecule has 2 aromatic rings. The van der Waals surface area contributed by atoms with Gasteiger partial charge in [0, 0.05) is 50.0 Å². The Bertz CT molecular complexity index is 833. The molecular weight excluding hydrogens is 358 g/mol. The second kappa shape index (κ2) is 8.53. The molecule has 1 fully saturated rings. The number of H-pyrrole nitrogens is 1. The summed E-state index contributed by atoms with van der Waals surface area (Å²) in [6, 6.07) is 9.11. The van der Waals surface area contributed by atoms with Crippen molar-refractivity contribution in [2.24, 2.45) is 5.92 Å². The lowest BCUT2D eigenvalue weighted by Crippen LogP contribution is -2.32. The summed E-state index contributed by atoms with van der Waals surface area (Å²) in [5, 5.41) is 20.3. The lowest BCUT2D eigenvalue weighted by Gasteiger charge is -2.17. The van der Waals surface area contributed by atoms with Gasteiger partial charge in [-0.3, -0.25) is 19.6 Å². The molecule has 8 nitrogen and oxygen atoms in total. The molecule has 0 saturated carbocycles. The van der Waals surface area contributed by atoms with Crippen molar-refractivity contribution in [3.05, 3.63) is 41.7 Å². The average Bonchev–Trinajstić information content (AvgIpc) is 3.20. The number of carbonyl (C=O) groups is 2. The molecule has 1 aromatic heterocycles. The second-order valence-corrected chi connectivity index (χ2v) is 7.44. The maximum absolute atomic E-state index is 12.4. The van der Waals surface area contributed by atoms with Crippen LogP contribution in [0.2, 0.25) is 0 Å². The normalized spacial score (nSPS) is 19.6. The van der Waals surface area contributed by atoms with Crippen LogP contribution in [0.4, 0.5) is 11.4 Å². The highest BCUT2D eigenvalue weighted by atomic mass is 16.3. The van der Waals surface area contributed by atoms with Gasteiger partial charge in [-0.25, -0.2) is 0 Å². The predicted octanol–water partition coefficient (Wildman–Crippen LogP) is 1.17. The Kier molecular flexibility index (Phi) is 6.11. The van der Waals surface area contributed by atoms with Crippen molar-refractivity contribution in [1.29, 1.82) is 0 Å². The van der Waals surface area contributed by atoms with Gasteiger partial charge in [-0.05, 0) is 43.7 Å². The Labute approximate surface area is 164 Å². The first-order valence-electron chi connectivity index (χ1n) is 9.37. The minimum absolute atomic E-state index is 0.0519. The Morgan fingerprint density at radius 3 is 2.64 bits per heavy atom. The molecule has 8 heteroatoms. The number of aliphatic hydroxyl groups is 1. The van der Waals surface area contributed by atoms with Gasteiger partial charge in [0.15, 0.2) is 0 Å². The lowest BCUT2D eigenvalue weighted by molar-refractivity contribution is -0.117. The van der Waals surface area contributed by atoms with Crippen molar-refractivity contribution in [2.45, 2.75) is 26.4 Å². The number of aromatic amines is 1. The number of aliphatic hydroxyl groups excluding tert-OH is 1. The fourth-order valence-corrected chi connectivity index (χ4v) is 3.47. The zero-order valence-electron chi connectivity index (χ0n) is 16.5. The molecule has 1 saturated heterocycles. The molecule has 28 heavy (non-hydrogen) atoms. The number of hydrogen-bond acceptors (Lipinski definition) is 5. The number of benzene rings is 1. The molecule has 0 radical (unpaired) electrons. The number of nitrogens with zero attached hydrogens (tertiary/aromatic N) is 3. The van der Waals surface area contributed by atoms with Gasteiger partial charge < -0.3 is 15.3 Å². The van der Waals surface area contributed by atoms with Gasteiger partial charge in [0.1, 0.15) is 0 Å². The van der Waals surface area contributed by atoms with Crippen LogP contribution >= 0.6 is 0 Å². The second-order valence-electron chi connectivity index (χ2n) is 7.44. The molecule has 2 atom stereocenters. The zero-order valence-corrected chi connectivity index (χ0v) is 16.5. The topological polar surface area (TPSA) is 102 Å². The summed E-state index contributed by atoms with van der Waals surface area (Å²) in [6.45, 7) is 4.80. The highest BCUT2D eigenvalue weighted by Gasteiger charge is 2.32. The summed E-state index contributed by atoms with van der Waals surface area (Å²) in [7, 11) is 1.70. The molecule has 0 unspecified atom stereocenters. The third kappa shape index (κ3) is 4.96. The number of anilines is 2. The maximum Gasteiger partial charge on any atom is 0.238 e. The maximum atomic E-state index is 12.4. The molecule has 3 N–H and O–H groups in total. The Morgan fingerprint density at radius 2 is 2.04 bits per heavy atom. The van der Waals surface area contributed by atoms with E-state index in [2.05, 4.69) is 15.5 Å². The van der Waals surface area contributed by atoms with E-state index in [1.165, 1.54) is 11.8 Å². The molecule has 1 aliphatic heterocycles. The van der Waals surface area contributed by atoms with E-state index in [-0.39, 0.29) is 24.3 Å². The highest BCUT2D eigenvalue weighted by molar-refractivity contribution is 5.93. The van der Waals surface area contributed by atoms with Gasteiger partial charge in [0.05, 0.1) is 18.3 Å². The lowest BCUT2D eigenvalue weighted by atomic mass is 10.0. The molecule has 2 amide bonds. The van der Waals surface area contributed by atoms with E-state index in [9.17, 15) is 14.7 Å². The number of β-amino-alcohol motifs (C(OH)–C–C–N with tert-alkyl or cyclic N) is 1. The van der Waals surface area contributed by atoms with Crippen LogP contribution in [-0.4, -0.2) is 64.8 Å². The van der Waals surface area contributed by atoms with E-state index in [1.54, 1.807) is 31.3 Å². The van der Waals surface area contributed by atoms with Crippen LogP contribution in [0.25, 0.3) is 0 Å². The van der Waals surface area contributed by atoms with E-state index in [0.717, 1.165) is 17.1 Å². The fraction of sp³-hybridized carbons (Fsp3) is 0.450. The summed E-state index contributed by atoms with van der Waals surface area (Å²) in [5.74, 6) is -0.114. The number of likely N-dealkylation sites (tertiary alicyclic amines) is 1. The molecule has 3 rings (SSSR count).